The van der Waals surface area contributed by atoms with Crippen molar-refractivity contribution in [2.75, 3.05) is 53.1 Å². The van der Waals surface area contributed by atoms with E-state index in [0.29, 0.717) is 44.4 Å². The molecule has 1 heterocycles. The standard InChI is InChI=1S/C16H34N4O2/c1-6-17-16(18-7-8-22-10-9-21-5)19-15-12-20(13(2)3)11-14(15)4/h13-15H,6-12H2,1-5H3,(H2,17,18,19). The lowest BCUT2D eigenvalue weighted by molar-refractivity contribution is 0.0748. The molecule has 0 aromatic rings. The Hall–Kier alpha value is -0.850. The number of aliphatic imine (C=N–C) groups is 1. The van der Waals surface area contributed by atoms with Crippen LogP contribution < -0.4 is 10.6 Å². The molecule has 1 rings (SSSR count). The van der Waals surface area contributed by atoms with Gasteiger partial charge in [0.15, 0.2) is 5.96 Å². The van der Waals surface area contributed by atoms with Gasteiger partial charge < -0.3 is 20.1 Å². The monoisotopic (exact) mass is 314 g/mol. The number of hydrogen-bond acceptors (Lipinski definition) is 4. The van der Waals surface area contributed by atoms with E-state index in [0.717, 1.165) is 25.6 Å². The number of methoxy groups -OCH3 is 1. The fraction of sp³-hybridized carbons (Fsp3) is 0.938. The summed E-state index contributed by atoms with van der Waals surface area (Å²) in [7, 11) is 1.68. The number of nitrogens with one attached hydrogen (secondary N) is 2. The van der Waals surface area contributed by atoms with Crippen LogP contribution in [0.4, 0.5) is 0 Å². The van der Waals surface area contributed by atoms with Gasteiger partial charge in [0.1, 0.15) is 0 Å². The Labute approximate surface area is 135 Å². The van der Waals surface area contributed by atoms with Crippen molar-refractivity contribution in [3.8, 4) is 0 Å². The lowest BCUT2D eigenvalue weighted by atomic mass is 10.1. The molecule has 0 bridgehead atoms. The molecule has 6 nitrogen and oxygen atoms in total. The highest BCUT2D eigenvalue weighted by Gasteiger charge is 2.31. The van der Waals surface area contributed by atoms with Gasteiger partial charge >= 0.3 is 0 Å². The second-order valence-electron chi connectivity index (χ2n) is 6.14. The van der Waals surface area contributed by atoms with Crippen molar-refractivity contribution in [1.29, 1.82) is 0 Å². The quantitative estimate of drug-likeness (QED) is 0.377. The minimum Gasteiger partial charge on any atom is -0.382 e. The summed E-state index contributed by atoms with van der Waals surface area (Å²) in [5.41, 5.74) is 0. The van der Waals surface area contributed by atoms with Gasteiger partial charge in [-0.1, -0.05) is 6.92 Å². The van der Waals surface area contributed by atoms with Crippen LogP contribution in [0.15, 0.2) is 4.99 Å². The normalized spacial score (nSPS) is 23.3. The molecule has 2 N–H and O–H groups in total. The first-order valence-electron chi connectivity index (χ1n) is 8.44. The average molecular weight is 314 g/mol. The average Bonchev–Trinajstić information content (AvgIpc) is 2.84. The first kappa shape index (κ1) is 19.2. The molecule has 1 saturated heterocycles. The Kier molecular flexibility index (Phi) is 9.43. The third-order valence-electron chi connectivity index (χ3n) is 3.97. The van der Waals surface area contributed by atoms with Gasteiger partial charge in [-0.2, -0.15) is 0 Å². The number of guanidine groups is 1. The van der Waals surface area contributed by atoms with E-state index in [2.05, 4.69) is 48.2 Å². The number of hydrogen-bond donors (Lipinski definition) is 2. The van der Waals surface area contributed by atoms with Crippen molar-refractivity contribution in [3.63, 3.8) is 0 Å². The molecule has 22 heavy (non-hydrogen) atoms. The predicted octanol–water partition coefficient (Wildman–Crippen LogP) is 0.933. The molecule has 0 spiro atoms. The first-order chi connectivity index (χ1) is 10.6. The van der Waals surface area contributed by atoms with Gasteiger partial charge in [-0.05, 0) is 26.7 Å². The van der Waals surface area contributed by atoms with Gasteiger partial charge in [-0.25, -0.2) is 0 Å². The smallest absolute Gasteiger partial charge is 0.191 e. The molecule has 0 saturated carbocycles. The van der Waals surface area contributed by atoms with E-state index in [1.807, 2.05) is 0 Å². The van der Waals surface area contributed by atoms with E-state index in [1.165, 1.54) is 0 Å². The lowest BCUT2D eigenvalue weighted by Gasteiger charge is -2.21. The summed E-state index contributed by atoms with van der Waals surface area (Å²) in [4.78, 5) is 7.10. The van der Waals surface area contributed by atoms with Crippen molar-refractivity contribution in [1.82, 2.24) is 15.5 Å². The van der Waals surface area contributed by atoms with Crippen LogP contribution in [0.5, 0.6) is 0 Å². The largest absolute Gasteiger partial charge is 0.382 e. The van der Waals surface area contributed by atoms with E-state index < -0.39 is 0 Å². The highest BCUT2D eigenvalue weighted by molar-refractivity contribution is 5.80. The second-order valence-corrected chi connectivity index (χ2v) is 6.14. The van der Waals surface area contributed by atoms with E-state index in [-0.39, 0.29) is 0 Å². The van der Waals surface area contributed by atoms with Crippen molar-refractivity contribution in [2.24, 2.45) is 10.9 Å². The molecular formula is C16H34N4O2. The molecular weight excluding hydrogens is 280 g/mol. The first-order valence-corrected chi connectivity index (χ1v) is 8.44. The van der Waals surface area contributed by atoms with Crippen molar-refractivity contribution < 1.29 is 9.47 Å². The summed E-state index contributed by atoms with van der Waals surface area (Å²) >= 11 is 0. The number of ether oxygens (including phenoxy) is 2. The van der Waals surface area contributed by atoms with Crippen LogP contribution in [-0.4, -0.2) is 76.1 Å². The predicted molar refractivity (Wildman–Crippen MR) is 91.5 cm³/mol. The van der Waals surface area contributed by atoms with Gasteiger partial charge in [0.25, 0.3) is 0 Å². The fourth-order valence-corrected chi connectivity index (χ4v) is 2.58. The molecule has 6 heteroatoms. The highest BCUT2D eigenvalue weighted by Crippen LogP contribution is 2.18. The lowest BCUT2D eigenvalue weighted by Crippen LogP contribution is -2.47. The Balaban J connectivity index is 2.39. The molecule has 0 aliphatic carbocycles. The van der Waals surface area contributed by atoms with E-state index >= 15 is 0 Å². The van der Waals surface area contributed by atoms with Gasteiger partial charge in [0.05, 0.1) is 26.4 Å². The summed E-state index contributed by atoms with van der Waals surface area (Å²) in [6.07, 6.45) is 0. The van der Waals surface area contributed by atoms with Crippen LogP contribution in [-0.2, 0) is 9.47 Å². The molecule has 0 aromatic heterocycles. The molecule has 0 radical (unpaired) electrons. The molecule has 0 amide bonds. The summed E-state index contributed by atoms with van der Waals surface area (Å²) in [6.45, 7) is 14.5. The topological polar surface area (TPSA) is 58.1 Å². The van der Waals surface area contributed by atoms with Crippen LogP contribution in [0.1, 0.15) is 27.7 Å². The van der Waals surface area contributed by atoms with Gasteiger partial charge in [-0.3, -0.25) is 9.89 Å². The minimum atomic E-state index is 0.453. The molecule has 1 fully saturated rings. The minimum absolute atomic E-state index is 0.453. The number of likely N-dealkylation sites (tertiary alicyclic amines) is 1. The summed E-state index contributed by atoms with van der Waals surface area (Å²) < 4.78 is 10.4. The molecule has 0 aromatic carbocycles. The SMILES string of the molecule is CCNC(=NCCOCCOC)NC1CN(C(C)C)CC1C. The third-order valence-corrected chi connectivity index (χ3v) is 3.97. The Bertz CT molecular complexity index is 323. The Morgan fingerprint density at radius 2 is 2.05 bits per heavy atom. The zero-order valence-corrected chi connectivity index (χ0v) is 14.9. The van der Waals surface area contributed by atoms with Crippen LogP contribution in [0.25, 0.3) is 0 Å². The Morgan fingerprint density at radius 1 is 1.27 bits per heavy atom. The van der Waals surface area contributed by atoms with Crippen LogP contribution in [0.3, 0.4) is 0 Å². The summed E-state index contributed by atoms with van der Waals surface area (Å²) in [5.74, 6) is 1.52. The Morgan fingerprint density at radius 3 is 2.64 bits per heavy atom. The molecule has 130 valence electrons. The molecule has 2 unspecified atom stereocenters. The maximum Gasteiger partial charge on any atom is 0.191 e. The van der Waals surface area contributed by atoms with Crippen LogP contribution in [0, 0.1) is 5.92 Å². The molecule has 1 aliphatic heterocycles. The highest BCUT2D eigenvalue weighted by atomic mass is 16.5. The van der Waals surface area contributed by atoms with Gasteiger partial charge in [0, 0.05) is 38.8 Å². The zero-order chi connectivity index (χ0) is 16.4. The maximum atomic E-state index is 5.45. The summed E-state index contributed by atoms with van der Waals surface area (Å²) in [6, 6.07) is 1.05. The molecule has 1 aliphatic rings. The fourth-order valence-electron chi connectivity index (χ4n) is 2.58. The molecule has 2 atom stereocenters. The van der Waals surface area contributed by atoms with Crippen LogP contribution in [0.2, 0.25) is 0 Å². The van der Waals surface area contributed by atoms with Crippen molar-refractivity contribution in [2.45, 2.75) is 39.8 Å². The van der Waals surface area contributed by atoms with E-state index in [1.54, 1.807) is 7.11 Å². The van der Waals surface area contributed by atoms with E-state index in [9.17, 15) is 0 Å². The van der Waals surface area contributed by atoms with E-state index in [4.69, 9.17) is 9.47 Å². The number of nitrogens with zero attached hydrogens (tertiary/aromatic N) is 2. The van der Waals surface area contributed by atoms with Gasteiger partial charge in [-0.15, -0.1) is 0 Å². The van der Waals surface area contributed by atoms with Crippen LogP contribution >= 0.6 is 0 Å². The second kappa shape index (κ2) is 10.8. The van der Waals surface area contributed by atoms with Crippen molar-refractivity contribution in [3.05, 3.63) is 0 Å². The maximum absolute atomic E-state index is 5.45. The van der Waals surface area contributed by atoms with Gasteiger partial charge in [0.2, 0.25) is 0 Å². The summed E-state index contributed by atoms with van der Waals surface area (Å²) in [5, 5.41) is 6.89. The zero-order valence-electron chi connectivity index (χ0n) is 14.9. The third kappa shape index (κ3) is 6.94. The van der Waals surface area contributed by atoms with Crippen molar-refractivity contribution >= 4 is 5.96 Å². The number of rotatable bonds is 9.